The standard InChI is InChI=1S/C26H27FN4O/c27-25-23(13-29-31(25)15-17-4-1-2-5-17)21-6-3-11-28-24(21)19-9-10-20-16-30(14-18-7-8-18)26(32)22(20)12-19/h3,6,9-13,17-18H,1-2,4-5,7-8,14-16H2. The normalized spacial score (nSPS) is 18.5. The monoisotopic (exact) mass is 430 g/mol. The Labute approximate surface area is 187 Å². The molecule has 0 unspecified atom stereocenters. The number of amides is 1. The van der Waals surface area contributed by atoms with Gasteiger partial charge in [-0.1, -0.05) is 31.0 Å². The summed E-state index contributed by atoms with van der Waals surface area (Å²) >= 11 is 0. The van der Waals surface area contributed by atoms with Crippen molar-refractivity contribution < 1.29 is 9.18 Å². The molecule has 0 saturated heterocycles. The molecule has 0 N–H and O–H groups in total. The highest BCUT2D eigenvalue weighted by molar-refractivity contribution is 6.00. The van der Waals surface area contributed by atoms with Gasteiger partial charge in [0.25, 0.3) is 5.91 Å². The highest BCUT2D eigenvalue weighted by Crippen LogP contribution is 2.37. The number of benzene rings is 1. The van der Waals surface area contributed by atoms with Gasteiger partial charge in [0.05, 0.1) is 17.5 Å². The van der Waals surface area contributed by atoms with Crippen molar-refractivity contribution >= 4 is 5.91 Å². The van der Waals surface area contributed by atoms with Crippen LogP contribution in [0.1, 0.15) is 54.4 Å². The molecule has 32 heavy (non-hydrogen) atoms. The molecule has 3 heterocycles. The van der Waals surface area contributed by atoms with Crippen LogP contribution >= 0.6 is 0 Å². The van der Waals surface area contributed by atoms with Gasteiger partial charge in [-0.3, -0.25) is 9.78 Å². The van der Waals surface area contributed by atoms with E-state index in [4.69, 9.17) is 0 Å². The minimum absolute atomic E-state index is 0.0989. The molecular formula is C26H27FN4O. The Balaban J connectivity index is 1.32. The van der Waals surface area contributed by atoms with Crippen molar-refractivity contribution in [1.29, 1.82) is 0 Å². The van der Waals surface area contributed by atoms with Crippen molar-refractivity contribution in [2.75, 3.05) is 6.54 Å². The zero-order valence-corrected chi connectivity index (χ0v) is 18.1. The van der Waals surface area contributed by atoms with Gasteiger partial charge in [0.15, 0.2) is 0 Å². The van der Waals surface area contributed by atoms with Crippen molar-refractivity contribution in [2.24, 2.45) is 11.8 Å². The van der Waals surface area contributed by atoms with E-state index in [2.05, 4.69) is 10.1 Å². The second-order valence-electron chi connectivity index (χ2n) is 9.58. The third kappa shape index (κ3) is 3.51. The Morgan fingerprint density at radius 2 is 1.78 bits per heavy atom. The van der Waals surface area contributed by atoms with E-state index in [1.54, 1.807) is 12.4 Å². The predicted molar refractivity (Wildman–Crippen MR) is 120 cm³/mol. The van der Waals surface area contributed by atoms with E-state index in [-0.39, 0.29) is 11.9 Å². The van der Waals surface area contributed by atoms with Gasteiger partial charge in [0.2, 0.25) is 5.95 Å². The molecule has 0 radical (unpaired) electrons. The molecule has 1 aliphatic heterocycles. The van der Waals surface area contributed by atoms with Crippen LogP contribution < -0.4 is 0 Å². The van der Waals surface area contributed by atoms with Crippen LogP contribution in [0.25, 0.3) is 22.4 Å². The van der Waals surface area contributed by atoms with Crippen LogP contribution in [-0.2, 0) is 13.1 Å². The second-order valence-corrected chi connectivity index (χ2v) is 9.58. The Kier molecular flexibility index (Phi) is 4.81. The van der Waals surface area contributed by atoms with E-state index in [0.29, 0.717) is 41.7 Å². The third-order valence-corrected chi connectivity index (χ3v) is 7.22. The Hall–Kier alpha value is -3.02. The lowest BCUT2D eigenvalue weighted by atomic mass is 9.98. The summed E-state index contributed by atoms with van der Waals surface area (Å²) in [5.41, 5.74) is 4.51. The smallest absolute Gasteiger partial charge is 0.254 e. The first-order chi connectivity index (χ1) is 15.7. The minimum atomic E-state index is -0.306. The number of pyridine rings is 1. The number of nitrogens with zero attached hydrogens (tertiary/aromatic N) is 4. The van der Waals surface area contributed by atoms with Gasteiger partial charge in [0, 0.05) is 42.5 Å². The molecule has 2 aromatic heterocycles. The highest BCUT2D eigenvalue weighted by atomic mass is 19.1. The summed E-state index contributed by atoms with van der Waals surface area (Å²) in [5, 5.41) is 4.36. The van der Waals surface area contributed by atoms with Gasteiger partial charge in [-0.15, -0.1) is 0 Å². The van der Waals surface area contributed by atoms with E-state index >= 15 is 4.39 Å². The summed E-state index contributed by atoms with van der Waals surface area (Å²) in [6, 6.07) is 9.66. The van der Waals surface area contributed by atoms with Crippen LogP contribution in [-0.4, -0.2) is 32.1 Å². The summed E-state index contributed by atoms with van der Waals surface area (Å²) in [6.07, 6.45) is 10.5. The van der Waals surface area contributed by atoms with E-state index < -0.39 is 0 Å². The van der Waals surface area contributed by atoms with Crippen LogP contribution in [0.5, 0.6) is 0 Å². The molecule has 1 amide bonds. The number of halogens is 1. The molecule has 0 bridgehead atoms. The van der Waals surface area contributed by atoms with Gasteiger partial charge < -0.3 is 4.90 Å². The van der Waals surface area contributed by atoms with Crippen molar-refractivity contribution in [3.05, 3.63) is 59.8 Å². The fourth-order valence-electron chi connectivity index (χ4n) is 5.24. The topological polar surface area (TPSA) is 51.0 Å². The summed E-state index contributed by atoms with van der Waals surface area (Å²) < 4.78 is 16.8. The average Bonchev–Trinajstić information content (AvgIpc) is 3.20. The van der Waals surface area contributed by atoms with Crippen molar-refractivity contribution in [2.45, 2.75) is 51.6 Å². The molecular weight excluding hydrogens is 403 g/mol. The molecule has 3 aromatic rings. The van der Waals surface area contributed by atoms with Crippen molar-refractivity contribution in [1.82, 2.24) is 19.7 Å². The lowest BCUT2D eigenvalue weighted by Crippen LogP contribution is -2.26. The first kappa shape index (κ1) is 19.6. The maximum atomic E-state index is 15.3. The van der Waals surface area contributed by atoms with E-state index in [1.807, 2.05) is 35.2 Å². The molecule has 2 fully saturated rings. The summed E-state index contributed by atoms with van der Waals surface area (Å²) in [4.78, 5) is 19.5. The maximum Gasteiger partial charge on any atom is 0.254 e. The van der Waals surface area contributed by atoms with Gasteiger partial charge in [-0.05, 0) is 55.2 Å². The molecule has 6 heteroatoms. The number of carbonyl (C=O) groups is 1. The Morgan fingerprint density at radius 1 is 0.969 bits per heavy atom. The molecule has 3 aliphatic rings. The number of fused-ring (bicyclic) bond motifs is 1. The molecule has 164 valence electrons. The summed E-state index contributed by atoms with van der Waals surface area (Å²) in [7, 11) is 0. The van der Waals surface area contributed by atoms with Gasteiger partial charge in [0.1, 0.15) is 0 Å². The quantitative estimate of drug-likeness (QED) is 0.533. The molecule has 2 aliphatic carbocycles. The van der Waals surface area contributed by atoms with Crippen LogP contribution in [0.15, 0.2) is 42.7 Å². The lowest BCUT2D eigenvalue weighted by molar-refractivity contribution is 0.0771. The summed E-state index contributed by atoms with van der Waals surface area (Å²) in [6.45, 7) is 2.16. The Bertz CT molecular complexity index is 1180. The molecule has 6 rings (SSSR count). The molecule has 1 aromatic carbocycles. The molecule has 2 saturated carbocycles. The third-order valence-electron chi connectivity index (χ3n) is 7.22. The summed E-state index contributed by atoms with van der Waals surface area (Å²) in [5.74, 6) is 0.964. The number of carbonyl (C=O) groups excluding carboxylic acids is 1. The average molecular weight is 431 g/mol. The van der Waals surface area contributed by atoms with Crippen LogP contribution in [0, 0.1) is 17.8 Å². The number of aromatic nitrogens is 3. The molecule has 0 atom stereocenters. The highest BCUT2D eigenvalue weighted by Gasteiger charge is 2.33. The first-order valence-electron chi connectivity index (χ1n) is 11.8. The van der Waals surface area contributed by atoms with Gasteiger partial charge >= 0.3 is 0 Å². The van der Waals surface area contributed by atoms with Crippen molar-refractivity contribution in [3.63, 3.8) is 0 Å². The minimum Gasteiger partial charge on any atom is -0.334 e. The van der Waals surface area contributed by atoms with Gasteiger partial charge in [-0.2, -0.15) is 9.49 Å². The largest absolute Gasteiger partial charge is 0.334 e. The number of hydrogen-bond acceptors (Lipinski definition) is 3. The zero-order valence-electron chi connectivity index (χ0n) is 18.1. The number of hydrogen-bond donors (Lipinski definition) is 0. The van der Waals surface area contributed by atoms with E-state index in [0.717, 1.165) is 36.1 Å². The molecule has 5 nitrogen and oxygen atoms in total. The van der Waals surface area contributed by atoms with Crippen LogP contribution in [0.3, 0.4) is 0 Å². The lowest BCUT2D eigenvalue weighted by Gasteiger charge is -2.14. The zero-order chi connectivity index (χ0) is 21.7. The SMILES string of the molecule is O=C1c2cc(-c3ncccc3-c3cnn(CC4CCCC4)c3F)ccc2CN1CC1CC1. The van der Waals surface area contributed by atoms with E-state index in [1.165, 1.54) is 30.4 Å². The first-order valence-corrected chi connectivity index (χ1v) is 11.8. The van der Waals surface area contributed by atoms with Crippen LogP contribution in [0.2, 0.25) is 0 Å². The fraction of sp³-hybridized carbons (Fsp3) is 0.423. The van der Waals surface area contributed by atoms with Crippen LogP contribution in [0.4, 0.5) is 4.39 Å². The van der Waals surface area contributed by atoms with Gasteiger partial charge in [-0.25, -0.2) is 4.68 Å². The van der Waals surface area contributed by atoms with Crippen molar-refractivity contribution in [3.8, 4) is 22.4 Å². The molecule has 0 spiro atoms. The number of rotatable bonds is 6. The van der Waals surface area contributed by atoms with E-state index in [9.17, 15) is 4.79 Å². The fourth-order valence-corrected chi connectivity index (χ4v) is 5.24. The predicted octanol–water partition coefficient (Wildman–Crippen LogP) is 5.31. The Morgan fingerprint density at radius 3 is 2.59 bits per heavy atom. The maximum absolute atomic E-state index is 15.3. The second kappa shape index (κ2) is 7.84.